The molecule has 0 aromatic carbocycles. The molecule has 1 aromatic heterocycles. The highest BCUT2D eigenvalue weighted by atomic mass is 16.2. The Morgan fingerprint density at radius 1 is 1.44 bits per heavy atom. The molecular formula is C13H18N4O. The van der Waals surface area contributed by atoms with E-state index in [2.05, 4.69) is 27.3 Å². The minimum atomic E-state index is 0.0910. The molecule has 2 fully saturated rings. The molecular weight excluding hydrogens is 228 g/mol. The van der Waals surface area contributed by atoms with Crippen molar-refractivity contribution in [3.63, 3.8) is 0 Å². The lowest BCUT2D eigenvalue weighted by atomic mass is 10.2. The van der Waals surface area contributed by atoms with E-state index in [1.807, 2.05) is 17.9 Å². The Bertz CT molecular complexity index is 462. The number of piperazine rings is 1. The number of aryl methyl sites for hydroxylation is 1. The summed E-state index contributed by atoms with van der Waals surface area (Å²) in [6, 6.07) is 6.55. The van der Waals surface area contributed by atoms with Gasteiger partial charge in [0, 0.05) is 38.4 Å². The van der Waals surface area contributed by atoms with Crippen LogP contribution in [0.15, 0.2) is 18.2 Å². The van der Waals surface area contributed by atoms with Crippen LogP contribution in [0.5, 0.6) is 0 Å². The maximum Gasteiger partial charge on any atom is 0.317 e. The van der Waals surface area contributed by atoms with Crippen LogP contribution >= 0.6 is 0 Å². The summed E-state index contributed by atoms with van der Waals surface area (Å²) in [6.07, 6.45) is 0. The Kier molecular flexibility index (Phi) is 2.91. The van der Waals surface area contributed by atoms with Crippen molar-refractivity contribution in [1.29, 1.82) is 0 Å². The van der Waals surface area contributed by atoms with Gasteiger partial charge in [-0.2, -0.15) is 0 Å². The van der Waals surface area contributed by atoms with Gasteiger partial charge in [0.2, 0.25) is 0 Å². The second-order valence-electron chi connectivity index (χ2n) is 5.04. The summed E-state index contributed by atoms with van der Waals surface area (Å²) in [7, 11) is 0. The minimum absolute atomic E-state index is 0.0910. The van der Waals surface area contributed by atoms with Gasteiger partial charge in [0.05, 0.1) is 11.7 Å². The highest BCUT2D eigenvalue weighted by Crippen LogP contribution is 2.15. The summed E-state index contributed by atoms with van der Waals surface area (Å²) in [4.78, 5) is 20.4. The molecule has 1 atom stereocenters. The molecule has 3 heterocycles. The number of fused-ring (bicyclic) bond motifs is 1. The molecule has 18 heavy (non-hydrogen) atoms. The molecule has 0 spiro atoms. The number of carbonyl (C=O) groups excluding carboxylic acids is 1. The molecule has 96 valence electrons. The molecule has 2 aliphatic rings. The topological polar surface area (TPSA) is 48.5 Å². The van der Waals surface area contributed by atoms with E-state index in [4.69, 9.17) is 0 Å². The van der Waals surface area contributed by atoms with Gasteiger partial charge in [-0.1, -0.05) is 6.07 Å². The lowest BCUT2D eigenvalue weighted by Crippen LogP contribution is -2.51. The molecule has 1 unspecified atom stereocenters. The van der Waals surface area contributed by atoms with Crippen LogP contribution in [0.25, 0.3) is 0 Å². The average molecular weight is 246 g/mol. The largest absolute Gasteiger partial charge is 0.336 e. The fraction of sp³-hybridized carbons (Fsp3) is 0.538. The van der Waals surface area contributed by atoms with Gasteiger partial charge in [0.1, 0.15) is 0 Å². The first-order valence-corrected chi connectivity index (χ1v) is 6.42. The van der Waals surface area contributed by atoms with Crippen LogP contribution in [0, 0.1) is 6.92 Å². The van der Waals surface area contributed by atoms with Gasteiger partial charge in [0.25, 0.3) is 0 Å². The van der Waals surface area contributed by atoms with Gasteiger partial charge in [-0.25, -0.2) is 4.79 Å². The number of nitrogens with zero attached hydrogens (tertiary/aromatic N) is 3. The summed E-state index contributed by atoms with van der Waals surface area (Å²) in [5, 5.41) is 2.90. The summed E-state index contributed by atoms with van der Waals surface area (Å²) in [5.74, 6) is 0. The Morgan fingerprint density at radius 3 is 3.17 bits per heavy atom. The molecule has 2 aliphatic heterocycles. The van der Waals surface area contributed by atoms with Crippen molar-refractivity contribution in [3.05, 3.63) is 29.6 Å². The number of amides is 2. The lowest BCUT2D eigenvalue weighted by Gasteiger charge is -2.36. The SMILES string of the molecule is Cc1cccc(CN2CCN3C(=O)NCC3C2)n1. The highest BCUT2D eigenvalue weighted by Gasteiger charge is 2.35. The molecule has 1 N–H and O–H groups in total. The predicted octanol–water partition coefficient (Wildman–Crippen LogP) is 0.599. The van der Waals surface area contributed by atoms with Crippen molar-refractivity contribution in [2.24, 2.45) is 0 Å². The molecule has 0 aliphatic carbocycles. The Morgan fingerprint density at radius 2 is 2.33 bits per heavy atom. The lowest BCUT2D eigenvalue weighted by molar-refractivity contribution is 0.116. The molecule has 1 aromatic rings. The van der Waals surface area contributed by atoms with Crippen molar-refractivity contribution in [2.75, 3.05) is 26.2 Å². The Balaban J connectivity index is 1.64. The maximum atomic E-state index is 11.5. The molecule has 0 radical (unpaired) electrons. The second-order valence-corrected chi connectivity index (χ2v) is 5.04. The van der Waals surface area contributed by atoms with Crippen LogP contribution in [0.1, 0.15) is 11.4 Å². The molecule has 0 bridgehead atoms. The summed E-state index contributed by atoms with van der Waals surface area (Å²) in [6.45, 7) is 6.36. The molecule has 3 rings (SSSR count). The molecule has 2 saturated heterocycles. The maximum absolute atomic E-state index is 11.5. The molecule has 5 heteroatoms. The van der Waals surface area contributed by atoms with E-state index >= 15 is 0 Å². The first kappa shape index (κ1) is 11.5. The van der Waals surface area contributed by atoms with E-state index in [9.17, 15) is 4.79 Å². The van der Waals surface area contributed by atoms with Gasteiger partial charge < -0.3 is 10.2 Å². The number of hydrogen-bond donors (Lipinski definition) is 1. The zero-order valence-electron chi connectivity index (χ0n) is 10.6. The average Bonchev–Trinajstić information content (AvgIpc) is 2.71. The van der Waals surface area contributed by atoms with E-state index in [0.29, 0.717) is 6.04 Å². The smallest absolute Gasteiger partial charge is 0.317 e. The van der Waals surface area contributed by atoms with Crippen molar-refractivity contribution in [3.8, 4) is 0 Å². The summed E-state index contributed by atoms with van der Waals surface area (Å²) in [5.41, 5.74) is 2.17. The molecule has 0 saturated carbocycles. The van der Waals surface area contributed by atoms with E-state index < -0.39 is 0 Å². The van der Waals surface area contributed by atoms with E-state index in [0.717, 1.165) is 44.1 Å². The van der Waals surface area contributed by atoms with Crippen LogP contribution in [-0.2, 0) is 6.54 Å². The Labute approximate surface area is 107 Å². The third-order valence-corrected chi connectivity index (χ3v) is 3.65. The van der Waals surface area contributed by atoms with E-state index in [-0.39, 0.29) is 6.03 Å². The van der Waals surface area contributed by atoms with Gasteiger partial charge >= 0.3 is 6.03 Å². The van der Waals surface area contributed by atoms with E-state index in [1.54, 1.807) is 0 Å². The standard InChI is InChI=1S/C13H18N4O/c1-10-3-2-4-11(15-10)8-16-5-6-17-12(9-16)7-14-13(17)18/h2-4,12H,5-9H2,1H3,(H,14,18). The van der Waals surface area contributed by atoms with Crippen molar-refractivity contribution in [1.82, 2.24) is 20.1 Å². The monoisotopic (exact) mass is 246 g/mol. The van der Waals surface area contributed by atoms with Gasteiger partial charge in [-0.05, 0) is 19.1 Å². The van der Waals surface area contributed by atoms with Crippen LogP contribution in [-0.4, -0.2) is 53.0 Å². The summed E-state index contributed by atoms with van der Waals surface area (Å²) >= 11 is 0. The van der Waals surface area contributed by atoms with Gasteiger partial charge in [-0.3, -0.25) is 9.88 Å². The first-order chi connectivity index (χ1) is 8.72. The molecule has 5 nitrogen and oxygen atoms in total. The van der Waals surface area contributed by atoms with E-state index in [1.165, 1.54) is 0 Å². The molecule has 2 amide bonds. The van der Waals surface area contributed by atoms with Crippen LogP contribution in [0.3, 0.4) is 0 Å². The number of urea groups is 1. The van der Waals surface area contributed by atoms with Gasteiger partial charge in [-0.15, -0.1) is 0 Å². The minimum Gasteiger partial charge on any atom is -0.336 e. The number of aromatic nitrogens is 1. The number of carbonyl (C=O) groups is 1. The predicted molar refractivity (Wildman–Crippen MR) is 68.1 cm³/mol. The van der Waals surface area contributed by atoms with Crippen LogP contribution in [0.2, 0.25) is 0 Å². The van der Waals surface area contributed by atoms with Crippen molar-refractivity contribution in [2.45, 2.75) is 19.5 Å². The fourth-order valence-corrected chi connectivity index (χ4v) is 2.73. The third kappa shape index (κ3) is 2.18. The van der Waals surface area contributed by atoms with Crippen LogP contribution < -0.4 is 5.32 Å². The quantitative estimate of drug-likeness (QED) is 0.831. The highest BCUT2D eigenvalue weighted by molar-refractivity contribution is 5.77. The number of pyridine rings is 1. The number of rotatable bonds is 2. The summed E-state index contributed by atoms with van der Waals surface area (Å²) < 4.78 is 0. The zero-order chi connectivity index (χ0) is 12.5. The fourth-order valence-electron chi connectivity index (χ4n) is 2.73. The second kappa shape index (κ2) is 4.57. The Hall–Kier alpha value is -1.62. The normalized spacial score (nSPS) is 23.9. The first-order valence-electron chi connectivity index (χ1n) is 6.42. The van der Waals surface area contributed by atoms with Crippen molar-refractivity contribution < 1.29 is 4.79 Å². The van der Waals surface area contributed by atoms with Crippen molar-refractivity contribution >= 4 is 6.03 Å². The third-order valence-electron chi connectivity index (χ3n) is 3.65. The number of nitrogens with one attached hydrogen (secondary N) is 1. The van der Waals surface area contributed by atoms with Crippen LogP contribution in [0.4, 0.5) is 4.79 Å². The zero-order valence-corrected chi connectivity index (χ0v) is 10.6. The van der Waals surface area contributed by atoms with Gasteiger partial charge in [0.15, 0.2) is 0 Å². The number of hydrogen-bond acceptors (Lipinski definition) is 3.